The fraction of sp³-hybridized carbons (Fsp3) is 0.375. The summed E-state index contributed by atoms with van der Waals surface area (Å²) in [5.41, 5.74) is 3.34. The fourth-order valence-electron chi connectivity index (χ4n) is 4.45. The Bertz CT molecular complexity index is 925. The zero-order valence-electron chi connectivity index (χ0n) is 17.0. The Morgan fingerprint density at radius 3 is 2.66 bits per heavy atom. The van der Waals surface area contributed by atoms with E-state index in [0.29, 0.717) is 0 Å². The Morgan fingerprint density at radius 1 is 1.07 bits per heavy atom. The van der Waals surface area contributed by atoms with Gasteiger partial charge in [-0.3, -0.25) is 4.90 Å². The van der Waals surface area contributed by atoms with Gasteiger partial charge in [0, 0.05) is 30.3 Å². The van der Waals surface area contributed by atoms with E-state index in [1.54, 1.807) is 7.11 Å². The number of likely N-dealkylation sites (tertiary alicyclic amines) is 1. The highest BCUT2D eigenvalue weighted by molar-refractivity contribution is 5.46. The highest BCUT2D eigenvalue weighted by Gasteiger charge is 2.35. The second-order valence-corrected chi connectivity index (χ2v) is 8.10. The molecule has 4 rings (SSSR count). The molecule has 29 heavy (non-hydrogen) atoms. The van der Waals surface area contributed by atoms with Gasteiger partial charge in [0.05, 0.1) is 19.9 Å². The molecular weight excluding hydrogens is 362 g/mol. The first-order valence-electron chi connectivity index (χ1n) is 10.3. The summed E-state index contributed by atoms with van der Waals surface area (Å²) in [6, 6.07) is 18.4. The van der Waals surface area contributed by atoms with Gasteiger partial charge in [-0.15, -0.1) is 0 Å². The molecule has 1 aromatic heterocycles. The summed E-state index contributed by atoms with van der Waals surface area (Å²) in [4.78, 5) is 2.45. The minimum absolute atomic E-state index is 0.0712. The SMILES string of the molecule is COc1ccccc1-n1cc(CN2CCC[C@](CO)(Cc3ccccc3)C2)cn1. The minimum atomic E-state index is -0.0712. The van der Waals surface area contributed by atoms with Crippen molar-refractivity contribution in [3.8, 4) is 11.4 Å². The van der Waals surface area contributed by atoms with Gasteiger partial charge in [0.1, 0.15) is 11.4 Å². The summed E-state index contributed by atoms with van der Waals surface area (Å²) in [6.07, 6.45) is 7.09. The minimum Gasteiger partial charge on any atom is -0.494 e. The van der Waals surface area contributed by atoms with Crippen LogP contribution in [0.2, 0.25) is 0 Å². The summed E-state index contributed by atoms with van der Waals surface area (Å²) in [7, 11) is 1.68. The number of para-hydroxylation sites is 2. The van der Waals surface area contributed by atoms with Gasteiger partial charge in [-0.05, 0) is 43.5 Å². The lowest BCUT2D eigenvalue weighted by atomic mass is 9.75. The molecule has 1 saturated heterocycles. The lowest BCUT2D eigenvalue weighted by Gasteiger charge is -2.42. The summed E-state index contributed by atoms with van der Waals surface area (Å²) in [5.74, 6) is 0.808. The van der Waals surface area contributed by atoms with Crippen LogP contribution in [0.3, 0.4) is 0 Å². The molecule has 5 heteroatoms. The van der Waals surface area contributed by atoms with Crippen molar-refractivity contribution in [2.24, 2.45) is 5.41 Å². The number of piperidine rings is 1. The van der Waals surface area contributed by atoms with Crippen molar-refractivity contribution in [3.63, 3.8) is 0 Å². The molecule has 2 aromatic carbocycles. The molecule has 1 aliphatic rings. The van der Waals surface area contributed by atoms with E-state index in [1.807, 2.05) is 41.2 Å². The summed E-state index contributed by atoms with van der Waals surface area (Å²) < 4.78 is 7.33. The maximum atomic E-state index is 10.2. The van der Waals surface area contributed by atoms with Crippen LogP contribution in [-0.2, 0) is 13.0 Å². The van der Waals surface area contributed by atoms with Crippen molar-refractivity contribution in [1.82, 2.24) is 14.7 Å². The van der Waals surface area contributed by atoms with Gasteiger partial charge in [0.2, 0.25) is 0 Å². The van der Waals surface area contributed by atoms with Gasteiger partial charge < -0.3 is 9.84 Å². The average molecular weight is 392 g/mol. The number of aliphatic hydroxyl groups excluding tert-OH is 1. The number of rotatable bonds is 7. The zero-order valence-corrected chi connectivity index (χ0v) is 17.0. The van der Waals surface area contributed by atoms with E-state index in [4.69, 9.17) is 4.74 Å². The first-order valence-corrected chi connectivity index (χ1v) is 10.3. The molecular formula is C24H29N3O2. The number of ether oxygens (including phenoxy) is 1. The van der Waals surface area contributed by atoms with Gasteiger partial charge in [0.15, 0.2) is 0 Å². The third-order valence-electron chi connectivity index (χ3n) is 5.87. The number of aromatic nitrogens is 2. The molecule has 0 aliphatic carbocycles. The molecule has 1 fully saturated rings. The first-order chi connectivity index (χ1) is 14.2. The third kappa shape index (κ3) is 4.52. The molecule has 0 unspecified atom stereocenters. The van der Waals surface area contributed by atoms with Crippen molar-refractivity contribution in [2.75, 3.05) is 26.8 Å². The van der Waals surface area contributed by atoms with E-state index < -0.39 is 0 Å². The van der Waals surface area contributed by atoms with Gasteiger partial charge in [-0.25, -0.2) is 4.68 Å². The topological polar surface area (TPSA) is 50.5 Å². The fourth-order valence-corrected chi connectivity index (χ4v) is 4.45. The van der Waals surface area contributed by atoms with Gasteiger partial charge in [-0.1, -0.05) is 42.5 Å². The van der Waals surface area contributed by atoms with Crippen LogP contribution in [0.15, 0.2) is 67.0 Å². The van der Waals surface area contributed by atoms with E-state index in [2.05, 4.69) is 40.5 Å². The van der Waals surface area contributed by atoms with Gasteiger partial charge in [-0.2, -0.15) is 5.10 Å². The molecule has 1 N–H and O–H groups in total. The molecule has 0 amide bonds. The Labute approximate surface area is 172 Å². The Hall–Kier alpha value is -2.63. The standard InChI is InChI=1S/C24H29N3O2/c1-29-23-11-6-5-10-22(23)27-17-21(15-25-27)16-26-13-7-12-24(18-26,19-28)14-20-8-3-2-4-9-20/h2-6,8-11,15,17,28H,7,12-14,16,18-19H2,1H3/t24-/m0/s1. The third-order valence-corrected chi connectivity index (χ3v) is 5.87. The normalized spacial score (nSPS) is 19.9. The van der Waals surface area contributed by atoms with Crippen LogP contribution >= 0.6 is 0 Å². The quantitative estimate of drug-likeness (QED) is 0.667. The van der Waals surface area contributed by atoms with E-state index >= 15 is 0 Å². The van der Waals surface area contributed by atoms with E-state index in [0.717, 1.165) is 50.3 Å². The lowest BCUT2D eigenvalue weighted by molar-refractivity contribution is 0.0288. The second-order valence-electron chi connectivity index (χ2n) is 8.10. The lowest BCUT2D eigenvalue weighted by Crippen LogP contribution is -2.46. The predicted octanol–water partition coefficient (Wildman–Crippen LogP) is 3.70. The van der Waals surface area contributed by atoms with Crippen molar-refractivity contribution in [1.29, 1.82) is 0 Å². The smallest absolute Gasteiger partial charge is 0.144 e. The van der Waals surface area contributed by atoms with Crippen LogP contribution in [0.1, 0.15) is 24.0 Å². The molecule has 0 saturated carbocycles. The Kier molecular flexibility index (Phi) is 5.97. The van der Waals surface area contributed by atoms with Crippen LogP contribution in [-0.4, -0.2) is 46.6 Å². The molecule has 0 radical (unpaired) electrons. The number of aliphatic hydroxyl groups is 1. The predicted molar refractivity (Wildman–Crippen MR) is 114 cm³/mol. The monoisotopic (exact) mass is 391 g/mol. The summed E-state index contributed by atoms with van der Waals surface area (Å²) >= 11 is 0. The van der Waals surface area contributed by atoms with E-state index in [-0.39, 0.29) is 12.0 Å². The van der Waals surface area contributed by atoms with Crippen LogP contribution in [0, 0.1) is 5.41 Å². The summed E-state index contributed by atoms with van der Waals surface area (Å²) in [6.45, 7) is 3.01. The number of hydrogen-bond acceptors (Lipinski definition) is 4. The molecule has 0 bridgehead atoms. The van der Waals surface area contributed by atoms with E-state index in [1.165, 1.54) is 11.1 Å². The Morgan fingerprint density at radius 2 is 1.86 bits per heavy atom. The van der Waals surface area contributed by atoms with Crippen LogP contribution in [0.4, 0.5) is 0 Å². The van der Waals surface area contributed by atoms with E-state index in [9.17, 15) is 5.11 Å². The second kappa shape index (κ2) is 8.80. The molecule has 1 atom stereocenters. The molecule has 152 valence electrons. The Balaban J connectivity index is 1.46. The van der Waals surface area contributed by atoms with Crippen molar-refractivity contribution < 1.29 is 9.84 Å². The number of benzene rings is 2. The largest absolute Gasteiger partial charge is 0.494 e. The highest BCUT2D eigenvalue weighted by Crippen LogP contribution is 2.34. The molecule has 0 spiro atoms. The van der Waals surface area contributed by atoms with Crippen molar-refractivity contribution in [3.05, 3.63) is 78.1 Å². The molecule has 5 nitrogen and oxygen atoms in total. The van der Waals surface area contributed by atoms with Gasteiger partial charge in [0.25, 0.3) is 0 Å². The number of nitrogens with zero attached hydrogens (tertiary/aromatic N) is 3. The van der Waals surface area contributed by atoms with Crippen molar-refractivity contribution >= 4 is 0 Å². The molecule has 1 aliphatic heterocycles. The van der Waals surface area contributed by atoms with Gasteiger partial charge >= 0.3 is 0 Å². The van der Waals surface area contributed by atoms with Crippen LogP contribution in [0.5, 0.6) is 5.75 Å². The molecule has 3 aromatic rings. The summed E-state index contributed by atoms with van der Waals surface area (Å²) in [5, 5.41) is 14.8. The van der Waals surface area contributed by atoms with Crippen LogP contribution in [0.25, 0.3) is 5.69 Å². The number of hydrogen-bond donors (Lipinski definition) is 1. The first kappa shape index (κ1) is 19.7. The van der Waals surface area contributed by atoms with Crippen LogP contribution < -0.4 is 4.74 Å². The van der Waals surface area contributed by atoms with Crippen molar-refractivity contribution in [2.45, 2.75) is 25.8 Å². The maximum absolute atomic E-state index is 10.2. The molecule has 2 heterocycles. The highest BCUT2D eigenvalue weighted by atomic mass is 16.5. The average Bonchev–Trinajstić information content (AvgIpc) is 3.23. The number of methoxy groups -OCH3 is 1. The maximum Gasteiger partial charge on any atom is 0.144 e. The zero-order chi connectivity index (χ0) is 20.1.